The molecule has 0 spiro atoms. The zero-order chi connectivity index (χ0) is 40.0. The topological polar surface area (TPSA) is 172 Å². The number of phosphoric ester groups is 1. The Kier molecular flexibility index (Phi) is 35.6. The van der Waals surface area contributed by atoms with Gasteiger partial charge in [0.05, 0.1) is 13.2 Å². The number of carboxylic acid groups (broad SMARTS) is 1. The Labute approximate surface area is 326 Å². The lowest BCUT2D eigenvalue weighted by molar-refractivity contribution is -0.161. The highest BCUT2D eigenvalue weighted by molar-refractivity contribution is 7.47. The Morgan fingerprint density at radius 3 is 1.52 bits per heavy atom. The van der Waals surface area contributed by atoms with Crippen LogP contribution >= 0.6 is 7.82 Å². The lowest BCUT2D eigenvalue weighted by Crippen LogP contribution is -2.34. The average Bonchev–Trinajstić information content (AvgIpc) is 3.14. The van der Waals surface area contributed by atoms with Gasteiger partial charge in [0, 0.05) is 12.8 Å². The van der Waals surface area contributed by atoms with E-state index in [0.29, 0.717) is 12.8 Å². The lowest BCUT2D eigenvalue weighted by atomic mass is 10.1. The summed E-state index contributed by atoms with van der Waals surface area (Å²) in [5, 5.41) is 8.87. The summed E-state index contributed by atoms with van der Waals surface area (Å²) in [5.74, 6) is -2.41. The molecule has 3 atom stereocenters. The van der Waals surface area contributed by atoms with E-state index in [1.807, 2.05) is 0 Å². The average molecular weight is 784 g/mol. The number of carboxylic acids is 1. The van der Waals surface area contributed by atoms with Gasteiger partial charge >= 0.3 is 25.7 Å². The van der Waals surface area contributed by atoms with Crippen molar-refractivity contribution in [2.75, 3.05) is 19.8 Å². The summed E-state index contributed by atoms with van der Waals surface area (Å²) < 4.78 is 32.6. The number of esters is 2. The van der Waals surface area contributed by atoms with E-state index in [-0.39, 0.29) is 19.4 Å². The summed E-state index contributed by atoms with van der Waals surface area (Å²) in [6.45, 7) is 2.68. The number of hydrogen-bond donors (Lipinski definition) is 3. The molecule has 0 aliphatic rings. The molecule has 0 amide bonds. The lowest BCUT2D eigenvalue weighted by Gasteiger charge is -2.20. The first-order valence-corrected chi connectivity index (χ1v) is 22.2. The zero-order valence-corrected chi connectivity index (χ0v) is 34.4. The molecule has 12 heteroatoms. The highest BCUT2D eigenvalue weighted by atomic mass is 31.2. The van der Waals surface area contributed by atoms with E-state index in [1.54, 1.807) is 0 Å². The number of allylic oxidation sites excluding steroid dienone is 8. The Bertz CT molecular complexity index is 1110. The Morgan fingerprint density at radius 1 is 0.574 bits per heavy atom. The van der Waals surface area contributed by atoms with Crippen LogP contribution in [0.1, 0.15) is 168 Å². The van der Waals surface area contributed by atoms with Crippen LogP contribution in [0.15, 0.2) is 48.6 Å². The van der Waals surface area contributed by atoms with E-state index in [9.17, 15) is 23.8 Å². The number of aliphatic carboxylic acids is 1. The van der Waals surface area contributed by atoms with Gasteiger partial charge in [-0.05, 0) is 70.6 Å². The van der Waals surface area contributed by atoms with E-state index in [2.05, 4.69) is 67.0 Å². The summed E-state index contributed by atoms with van der Waals surface area (Å²) >= 11 is 0. The van der Waals surface area contributed by atoms with Gasteiger partial charge in [-0.3, -0.25) is 23.4 Å². The van der Waals surface area contributed by atoms with Crippen molar-refractivity contribution in [3.05, 3.63) is 48.6 Å². The molecule has 0 fully saturated rings. The molecule has 0 saturated carbocycles. The van der Waals surface area contributed by atoms with Crippen LogP contribution in [0.25, 0.3) is 0 Å². The number of nitrogens with two attached hydrogens (primary N) is 1. The highest BCUT2D eigenvalue weighted by Crippen LogP contribution is 2.43. The van der Waals surface area contributed by atoms with Gasteiger partial charge in [-0.25, -0.2) is 4.57 Å². The van der Waals surface area contributed by atoms with Gasteiger partial charge < -0.3 is 25.2 Å². The van der Waals surface area contributed by atoms with Gasteiger partial charge in [0.25, 0.3) is 0 Å². The molecular weight excluding hydrogens is 709 g/mol. The van der Waals surface area contributed by atoms with Crippen molar-refractivity contribution in [1.29, 1.82) is 0 Å². The summed E-state index contributed by atoms with van der Waals surface area (Å²) in [7, 11) is -4.72. The van der Waals surface area contributed by atoms with E-state index in [1.165, 1.54) is 44.9 Å². The van der Waals surface area contributed by atoms with Crippen LogP contribution < -0.4 is 5.73 Å². The monoisotopic (exact) mass is 784 g/mol. The standard InChI is InChI=1S/C42H74NO10P/c1-3-5-7-9-11-13-15-17-18-19-20-22-24-26-28-30-32-34-41(45)53-38(36-51-54(48,49)52-37-39(43)42(46)47)35-50-40(44)33-31-29-27-25-23-21-16-14-12-10-8-6-4-2/h8,10-11,13-14,16-18,38-39H,3-7,9,12,15,19-37,43H2,1-2H3,(H,46,47)(H,48,49)/b10-8-,13-11-,16-14-,18-17-. The summed E-state index contributed by atoms with van der Waals surface area (Å²) in [5.41, 5.74) is 5.32. The molecular formula is C42H74NO10P. The fraction of sp³-hybridized carbons (Fsp3) is 0.738. The molecule has 0 aliphatic carbocycles. The fourth-order valence-corrected chi connectivity index (χ4v) is 6.03. The minimum Gasteiger partial charge on any atom is -0.480 e. The maximum Gasteiger partial charge on any atom is 0.472 e. The smallest absolute Gasteiger partial charge is 0.472 e. The van der Waals surface area contributed by atoms with E-state index < -0.39 is 51.1 Å². The molecule has 0 aromatic rings. The van der Waals surface area contributed by atoms with Gasteiger partial charge in [0.1, 0.15) is 12.6 Å². The maximum atomic E-state index is 12.6. The van der Waals surface area contributed by atoms with E-state index >= 15 is 0 Å². The molecule has 4 N–H and O–H groups in total. The summed E-state index contributed by atoms with van der Waals surface area (Å²) in [6.07, 6.45) is 40.3. The third kappa shape index (κ3) is 36.4. The molecule has 0 saturated heterocycles. The molecule has 0 radical (unpaired) electrons. The first kappa shape index (κ1) is 51.4. The van der Waals surface area contributed by atoms with Crippen molar-refractivity contribution in [3.8, 4) is 0 Å². The normalized spacial score (nSPS) is 14.3. The molecule has 0 bridgehead atoms. The number of ether oxygens (including phenoxy) is 2. The SMILES string of the molecule is CCC/C=C\C/C=C\CCCCCCCC(=O)OCC(COP(=O)(O)OCC(N)C(=O)O)OC(=O)CCCCCCCCC/C=C\C/C=C\CCCCC. The van der Waals surface area contributed by atoms with Crippen molar-refractivity contribution in [1.82, 2.24) is 0 Å². The first-order valence-electron chi connectivity index (χ1n) is 20.7. The third-order valence-electron chi connectivity index (χ3n) is 8.53. The molecule has 3 unspecified atom stereocenters. The Morgan fingerprint density at radius 2 is 1.02 bits per heavy atom. The number of hydrogen-bond acceptors (Lipinski definition) is 9. The third-order valence-corrected chi connectivity index (χ3v) is 9.48. The van der Waals surface area contributed by atoms with Crippen LogP contribution in [0.3, 0.4) is 0 Å². The molecule has 0 heterocycles. The van der Waals surface area contributed by atoms with Gasteiger partial charge in [-0.15, -0.1) is 0 Å². The minimum absolute atomic E-state index is 0.148. The zero-order valence-electron chi connectivity index (χ0n) is 33.6. The Hall–Kier alpha value is -2.56. The number of phosphoric acid groups is 1. The van der Waals surface area contributed by atoms with Gasteiger partial charge in [0.15, 0.2) is 6.10 Å². The van der Waals surface area contributed by atoms with Gasteiger partial charge in [0.2, 0.25) is 0 Å². The fourth-order valence-electron chi connectivity index (χ4n) is 5.25. The second kappa shape index (κ2) is 37.4. The van der Waals surface area contributed by atoms with Crippen LogP contribution in [-0.4, -0.2) is 59.9 Å². The van der Waals surface area contributed by atoms with Crippen molar-refractivity contribution >= 4 is 25.7 Å². The molecule has 11 nitrogen and oxygen atoms in total. The molecule has 0 aliphatic heterocycles. The van der Waals surface area contributed by atoms with Crippen molar-refractivity contribution in [2.24, 2.45) is 5.73 Å². The summed E-state index contributed by atoms with van der Waals surface area (Å²) in [4.78, 5) is 45.9. The molecule has 54 heavy (non-hydrogen) atoms. The van der Waals surface area contributed by atoms with Crippen molar-refractivity contribution in [3.63, 3.8) is 0 Å². The second-order valence-corrected chi connectivity index (χ2v) is 15.2. The largest absolute Gasteiger partial charge is 0.480 e. The van der Waals surface area contributed by atoms with E-state index in [0.717, 1.165) is 83.5 Å². The molecule has 0 aromatic carbocycles. The van der Waals surface area contributed by atoms with Crippen LogP contribution in [0.4, 0.5) is 0 Å². The van der Waals surface area contributed by atoms with Crippen molar-refractivity contribution < 1.29 is 47.5 Å². The Balaban J connectivity index is 4.42. The number of carbonyl (C=O) groups excluding carboxylic acids is 2. The maximum absolute atomic E-state index is 12.6. The van der Waals surface area contributed by atoms with Crippen LogP contribution in [-0.2, 0) is 37.5 Å². The van der Waals surface area contributed by atoms with Gasteiger partial charge in [-0.2, -0.15) is 0 Å². The molecule has 0 aromatic heterocycles. The highest BCUT2D eigenvalue weighted by Gasteiger charge is 2.28. The van der Waals surface area contributed by atoms with Crippen molar-refractivity contribution in [2.45, 2.75) is 180 Å². The van der Waals surface area contributed by atoms with Crippen LogP contribution in [0, 0.1) is 0 Å². The van der Waals surface area contributed by atoms with E-state index in [4.69, 9.17) is 24.8 Å². The number of carbonyl (C=O) groups is 3. The molecule has 312 valence electrons. The van der Waals surface area contributed by atoms with Gasteiger partial charge in [-0.1, -0.05) is 133 Å². The minimum atomic E-state index is -4.72. The quantitative estimate of drug-likeness (QED) is 0.0235. The second-order valence-electron chi connectivity index (χ2n) is 13.8. The van der Waals surface area contributed by atoms with Crippen LogP contribution in [0.5, 0.6) is 0 Å². The van der Waals surface area contributed by atoms with Crippen LogP contribution in [0.2, 0.25) is 0 Å². The predicted molar refractivity (Wildman–Crippen MR) is 217 cm³/mol. The number of rotatable bonds is 38. The first-order chi connectivity index (χ1) is 26.1. The molecule has 0 rings (SSSR count). The number of unbranched alkanes of at least 4 members (excludes halogenated alkanes) is 16. The predicted octanol–water partition coefficient (Wildman–Crippen LogP) is 10.6. The summed E-state index contributed by atoms with van der Waals surface area (Å²) in [6, 6.07) is -1.53.